The third kappa shape index (κ3) is 5.29. The van der Waals surface area contributed by atoms with E-state index in [0.717, 1.165) is 45.1 Å². The highest BCUT2D eigenvalue weighted by Gasteiger charge is 2.42. The fourth-order valence-electron chi connectivity index (χ4n) is 5.01. The molecule has 0 amide bonds. The van der Waals surface area contributed by atoms with Crippen LogP contribution < -0.4 is 0 Å². The topological polar surface area (TPSA) is 27.0 Å². The number of nitriles is 1. The second-order valence-electron chi connectivity index (χ2n) is 9.00. The molecule has 0 spiro atoms. The number of benzene rings is 2. The van der Waals surface area contributed by atoms with Gasteiger partial charge in [-0.3, -0.25) is 0 Å². The van der Waals surface area contributed by atoms with Gasteiger partial charge in [0.2, 0.25) is 0 Å². The van der Waals surface area contributed by atoms with Gasteiger partial charge in [0.15, 0.2) is 0 Å². The lowest BCUT2D eigenvalue weighted by molar-refractivity contribution is 0.194. The van der Waals surface area contributed by atoms with Gasteiger partial charge >= 0.3 is 0 Å². The van der Waals surface area contributed by atoms with Crippen LogP contribution in [0.1, 0.15) is 63.0 Å². The molecule has 3 heteroatoms. The fourth-order valence-corrected chi connectivity index (χ4v) is 5.01. The van der Waals surface area contributed by atoms with Crippen LogP contribution in [-0.4, -0.2) is 24.5 Å². The van der Waals surface area contributed by atoms with Crippen LogP contribution in [0, 0.1) is 23.1 Å². The average Bonchev–Trinajstić information content (AvgIpc) is 2.80. The van der Waals surface area contributed by atoms with E-state index in [-0.39, 0.29) is 11.7 Å². The van der Waals surface area contributed by atoms with Crippen molar-refractivity contribution < 1.29 is 4.39 Å². The van der Waals surface area contributed by atoms with Crippen molar-refractivity contribution in [1.82, 2.24) is 4.90 Å². The number of likely N-dealkylation sites (N-methyl/N-ethyl adjacent to an activating group) is 1. The first-order valence-corrected chi connectivity index (χ1v) is 11.5. The van der Waals surface area contributed by atoms with Gasteiger partial charge in [0.05, 0.1) is 11.5 Å². The number of hydrogen-bond donors (Lipinski definition) is 0. The summed E-state index contributed by atoms with van der Waals surface area (Å²) in [6.45, 7) is 3.21. The van der Waals surface area contributed by atoms with Crippen molar-refractivity contribution in [2.45, 2.75) is 69.7 Å². The third-order valence-electron chi connectivity index (χ3n) is 7.16. The molecule has 0 bridgehead atoms. The molecule has 0 N–H and O–H groups in total. The highest BCUT2D eigenvalue weighted by molar-refractivity contribution is 5.35. The number of rotatable bonds is 9. The summed E-state index contributed by atoms with van der Waals surface area (Å²) in [6.07, 6.45) is 8.20. The Balaban J connectivity index is 1.71. The summed E-state index contributed by atoms with van der Waals surface area (Å²) < 4.78 is 14.9. The summed E-state index contributed by atoms with van der Waals surface area (Å²) in [7, 11) is 2.16. The molecule has 1 aliphatic carbocycles. The van der Waals surface area contributed by atoms with Crippen LogP contribution in [0.2, 0.25) is 0 Å². The van der Waals surface area contributed by atoms with Gasteiger partial charge in [-0.1, -0.05) is 67.8 Å². The summed E-state index contributed by atoms with van der Waals surface area (Å²) in [6, 6.07) is 20.5. The maximum absolute atomic E-state index is 14.9. The SMILES string of the molecule is CC(CCC(C#N)(c1ccccc1F)C1CCCCC1)N(C)CCc1ccccc1. The predicted octanol–water partition coefficient (Wildman–Crippen LogP) is 6.51. The van der Waals surface area contributed by atoms with Gasteiger partial charge in [-0.05, 0) is 63.6 Å². The molecule has 1 aliphatic rings. The maximum Gasteiger partial charge on any atom is 0.128 e. The summed E-state index contributed by atoms with van der Waals surface area (Å²) in [5.41, 5.74) is 1.23. The number of nitrogens with zero attached hydrogens (tertiary/aromatic N) is 2. The summed E-state index contributed by atoms with van der Waals surface area (Å²) in [5.74, 6) is 0.0182. The highest BCUT2D eigenvalue weighted by Crippen LogP contribution is 2.45. The van der Waals surface area contributed by atoms with Crippen LogP contribution in [0.5, 0.6) is 0 Å². The molecule has 0 radical (unpaired) electrons. The van der Waals surface area contributed by atoms with Crippen molar-refractivity contribution in [2.75, 3.05) is 13.6 Å². The number of halogens is 1. The second-order valence-corrected chi connectivity index (χ2v) is 9.00. The molecule has 2 atom stereocenters. The zero-order valence-corrected chi connectivity index (χ0v) is 18.5. The molecule has 0 heterocycles. The van der Waals surface area contributed by atoms with Gasteiger partial charge in [0.1, 0.15) is 5.82 Å². The van der Waals surface area contributed by atoms with Gasteiger partial charge in [0, 0.05) is 18.2 Å². The minimum absolute atomic E-state index is 0.227. The lowest BCUT2D eigenvalue weighted by atomic mass is 9.63. The highest BCUT2D eigenvalue weighted by atomic mass is 19.1. The second kappa shape index (κ2) is 10.7. The Morgan fingerprint density at radius 3 is 2.40 bits per heavy atom. The third-order valence-corrected chi connectivity index (χ3v) is 7.16. The Morgan fingerprint density at radius 1 is 1.07 bits per heavy atom. The van der Waals surface area contributed by atoms with E-state index >= 15 is 0 Å². The molecule has 3 rings (SSSR count). The number of hydrogen-bond acceptors (Lipinski definition) is 2. The molecule has 2 aromatic carbocycles. The van der Waals surface area contributed by atoms with Crippen LogP contribution >= 0.6 is 0 Å². The summed E-state index contributed by atoms with van der Waals surface area (Å²) >= 11 is 0. The smallest absolute Gasteiger partial charge is 0.128 e. The molecule has 2 unspecified atom stereocenters. The Kier molecular flexibility index (Phi) is 8.05. The Morgan fingerprint density at radius 2 is 1.73 bits per heavy atom. The van der Waals surface area contributed by atoms with E-state index in [1.807, 2.05) is 18.2 Å². The standard InChI is InChI=1S/C27H35FN2/c1-22(30(2)20-18-23-11-5-3-6-12-23)17-19-27(21-29,24-13-7-4-8-14-24)25-15-9-10-16-26(25)28/h3,5-6,9-12,15-16,22,24H,4,7-8,13-14,17-20H2,1-2H3. The predicted molar refractivity (Wildman–Crippen MR) is 122 cm³/mol. The summed E-state index contributed by atoms with van der Waals surface area (Å²) in [4.78, 5) is 2.37. The lowest BCUT2D eigenvalue weighted by Gasteiger charge is -2.39. The van der Waals surface area contributed by atoms with Gasteiger partial charge < -0.3 is 4.90 Å². The molecule has 0 saturated heterocycles. The molecule has 2 aromatic rings. The van der Waals surface area contributed by atoms with Crippen LogP contribution in [0.15, 0.2) is 54.6 Å². The van der Waals surface area contributed by atoms with E-state index in [2.05, 4.69) is 49.2 Å². The minimum atomic E-state index is -0.722. The van der Waals surface area contributed by atoms with Crippen LogP contribution in [-0.2, 0) is 11.8 Å². The largest absolute Gasteiger partial charge is 0.303 e. The van der Waals surface area contributed by atoms with Gasteiger partial charge in [-0.15, -0.1) is 0 Å². The monoisotopic (exact) mass is 406 g/mol. The molecular formula is C27H35FN2. The first kappa shape index (κ1) is 22.5. The van der Waals surface area contributed by atoms with Crippen molar-refractivity contribution in [3.8, 4) is 6.07 Å². The lowest BCUT2D eigenvalue weighted by Crippen LogP contribution is -2.39. The van der Waals surface area contributed by atoms with Gasteiger partial charge in [-0.2, -0.15) is 5.26 Å². The quantitative estimate of drug-likeness (QED) is 0.474. The molecule has 1 fully saturated rings. The summed E-state index contributed by atoms with van der Waals surface area (Å²) in [5, 5.41) is 10.4. The van der Waals surface area contributed by atoms with Crippen molar-refractivity contribution >= 4 is 0 Å². The van der Waals surface area contributed by atoms with Crippen molar-refractivity contribution in [2.24, 2.45) is 5.92 Å². The van der Waals surface area contributed by atoms with E-state index < -0.39 is 5.41 Å². The van der Waals surface area contributed by atoms with Gasteiger partial charge in [0.25, 0.3) is 0 Å². The molecule has 0 aromatic heterocycles. The molecule has 2 nitrogen and oxygen atoms in total. The average molecular weight is 407 g/mol. The Bertz CT molecular complexity index is 822. The maximum atomic E-state index is 14.9. The zero-order valence-electron chi connectivity index (χ0n) is 18.5. The first-order chi connectivity index (χ1) is 14.6. The Labute approximate surface area is 181 Å². The van der Waals surface area contributed by atoms with E-state index in [0.29, 0.717) is 18.0 Å². The van der Waals surface area contributed by atoms with Crippen molar-refractivity contribution in [3.63, 3.8) is 0 Å². The van der Waals surface area contributed by atoms with Gasteiger partial charge in [-0.25, -0.2) is 4.39 Å². The molecule has 160 valence electrons. The van der Waals surface area contributed by atoms with E-state index in [4.69, 9.17) is 0 Å². The normalized spacial score (nSPS) is 18.0. The van der Waals surface area contributed by atoms with E-state index in [1.165, 1.54) is 18.1 Å². The molecule has 0 aliphatic heterocycles. The van der Waals surface area contributed by atoms with Crippen LogP contribution in [0.3, 0.4) is 0 Å². The van der Waals surface area contributed by atoms with E-state index in [9.17, 15) is 9.65 Å². The minimum Gasteiger partial charge on any atom is -0.303 e. The Hall–Kier alpha value is -2.18. The molecule has 1 saturated carbocycles. The molecular weight excluding hydrogens is 371 g/mol. The van der Waals surface area contributed by atoms with Crippen LogP contribution in [0.4, 0.5) is 4.39 Å². The van der Waals surface area contributed by atoms with Crippen LogP contribution in [0.25, 0.3) is 0 Å². The fraction of sp³-hybridized carbons (Fsp3) is 0.519. The van der Waals surface area contributed by atoms with Crippen molar-refractivity contribution in [1.29, 1.82) is 5.26 Å². The zero-order chi connectivity index (χ0) is 21.4. The first-order valence-electron chi connectivity index (χ1n) is 11.5. The molecule has 30 heavy (non-hydrogen) atoms. The van der Waals surface area contributed by atoms with E-state index in [1.54, 1.807) is 6.07 Å². The van der Waals surface area contributed by atoms with Crippen molar-refractivity contribution in [3.05, 3.63) is 71.5 Å².